The Labute approximate surface area is 157 Å². The normalized spacial score (nSPS) is 24.0. The van der Waals surface area contributed by atoms with Crippen LogP contribution in [0.15, 0.2) is 16.8 Å². The van der Waals surface area contributed by atoms with E-state index in [2.05, 4.69) is 5.32 Å². The summed E-state index contributed by atoms with van der Waals surface area (Å²) in [7, 11) is 0. The van der Waals surface area contributed by atoms with Crippen LogP contribution in [0.3, 0.4) is 0 Å². The molecule has 0 unspecified atom stereocenters. The number of hydrogen-bond donors (Lipinski definition) is 2. The molecule has 0 bridgehead atoms. The van der Waals surface area contributed by atoms with Crippen LogP contribution >= 0.6 is 11.3 Å². The molecule has 2 fully saturated rings. The minimum Gasteiger partial charge on any atom is -0.481 e. The Balaban J connectivity index is 1.47. The van der Waals surface area contributed by atoms with Crippen LogP contribution in [0.4, 0.5) is 4.79 Å². The molecule has 1 aliphatic carbocycles. The highest BCUT2D eigenvalue weighted by atomic mass is 32.1. The van der Waals surface area contributed by atoms with E-state index in [0.717, 1.165) is 6.42 Å². The Kier molecular flexibility index (Phi) is 6.13. The predicted molar refractivity (Wildman–Crippen MR) is 98.3 cm³/mol. The van der Waals surface area contributed by atoms with E-state index in [1.165, 1.54) is 11.3 Å². The van der Waals surface area contributed by atoms with E-state index in [1.807, 2.05) is 21.7 Å². The summed E-state index contributed by atoms with van der Waals surface area (Å²) in [4.78, 5) is 39.6. The number of amides is 3. The molecular weight excluding hydrogens is 354 g/mol. The maximum Gasteiger partial charge on any atom is 0.317 e. The van der Waals surface area contributed by atoms with E-state index in [0.29, 0.717) is 57.4 Å². The second-order valence-corrected chi connectivity index (χ2v) is 7.76. The van der Waals surface area contributed by atoms with E-state index in [-0.39, 0.29) is 23.9 Å². The fraction of sp³-hybridized carbons (Fsp3) is 0.611. The van der Waals surface area contributed by atoms with Gasteiger partial charge in [-0.2, -0.15) is 11.3 Å². The summed E-state index contributed by atoms with van der Waals surface area (Å²) in [6.45, 7) is 2.34. The molecule has 0 spiro atoms. The third-order valence-electron chi connectivity index (χ3n) is 5.24. The van der Waals surface area contributed by atoms with Crippen LogP contribution < -0.4 is 5.32 Å². The first kappa shape index (κ1) is 18.7. The van der Waals surface area contributed by atoms with Crippen molar-refractivity contribution in [1.82, 2.24) is 15.1 Å². The fourth-order valence-electron chi connectivity index (χ4n) is 3.64. The number of urea groups is 1. The van der Waals surface area contributed by atoms with Gasteiger partial charge >= 0.3 is 12.0 Å². The zero-order valence-electron chi connectivity index (χ0n) is 14.7. The summed E-state index contributed by atoms with van der Waals surface area (Å²) in [5.41, 5.74) is 0.711. The largest absolute Gasteiger partial charge is 0.481 e. The van der Waals surface area contributed by atoms with Crippen LogP contribution in [-0.4, -0.2) is 65.0 Å². The van der Waals surface area contributed by atoms with Crippen molar-refractivity contribution >= 4 is 29.2 Å². The Morgan fingerprint density at radius 3 is 2.38 bits per heavy atom. The third-order valence-corrected chi connectivity index (χ3v) is 5.93. The van der Waals surface area contributed by atoms with Gasteiger partial charge in [-0.05, 0) is 43.6 Å². The lowest BCUT2D eigenvalue weighted by atomic mass is 9.86. The lowest BCUT2D eigenvalue weighted by molar-refractivity contribution is -0.142. The smallest absolute Gasteiger partial charge is 0.317 e. The highest BCUT2D eigenvalue weighted by Gasteiger charge is 2.28. The Morgan fingerprint density at radius 1 is 1.04 bits per heavy atom. The van der Waals surface area contributed by atoms with E-state index in [9.17, 15) is 14.4 Å². The number of nitrogens with zero attached hydrogens (tertiary/aromatic N) is 2. The third kappa shape index (κ3) is 4.55. The minimum atomic E-state index is -0.738. The van der Waals surface area contributed by atoms with E-state index < -0.39 is 5.97 Å². The van der Waals surface area contributed by atoms with Crippen molar-refractivity contribution in [3.05, 3.63) is 22.4 Å². The molecule has 0 atom stereocenters. The van der Waals surface area contributed by atoms with Crippen molar-refractivity contribution in [3.8, 4) is 0 Å². The topological polar surface area (TPSA) is 89.9 Å². The summed E-state index contributed by atoms with van der Waals surface area (Å²) >= 11 is 1.51. The molecule has 142 valence electrons. The van der Waals surface area contributed by atoms with Crippen LogP contribution in [0.2, 0.25) is 0 Å². The highest BCUT2D eigenvalue weighted by Crippen LogP contribution is 2.24. The van der Waals surface area contributed by atoms with Crippen molar-refractivity contribution in [2.24, 2.45) is 5.92 Å². The Morgan fingerprint density at radius 2 is 1.73 bits per heavy atom. The lowest BCUT2D eigenvalue weighted by Crippen LogP contribution is -2.47. The molecule has 0 aromatic carbocycles. The first-order chi connectivity index (χ1) is 12.5. The van der Waals surface area contributed by atoms with Gasteiger partial charge in [0, 0.05) is 37.6 Å². The molecule has 0 radical (unpaired) electrons. The van der Waals surface area contributed by atoms with Crippen molar-refractivity contribution in [3.63, 3.8) is 0 Å². The van der Waals surface area contributed by atoms with Gasteiger partial charge in [-0.3, -0.25) is 9.59 Å². The number of nitrogens with one attached hydrogen (secondary N) is 1. The van der Waals surface area contributed by atoms with Crippen LogP contribution in [0, 0.1) is 5.92 Å². The Hall–Kier alpha value is -2.09. The predicted octanol–water partition coefficient (Wildman–Crippen LogP) is 2.25. The molecule has 1 aromatic rings. The van der Waals surface area contributed by atoms with Gasteiger partial charge in [0.15, 0.2) is 0 Å². The number of thiophene rings is 1. The van der Waals surface area contributed by atoms with Gasteiger partial charge in [0.1, 0.15) is 0 Å². The summed E-state index contributed by atoms with van der Waals surface area (Å²) in [5, 5.41) is 15.8. The summed E-state index contributed by atoms with van der Waals surface area (Å²) < 4.78 is 0. The Bertz CT molecular complexity index is 641. The quantitative estimate of drug-likeness (QED) is 0.843. The van der Waals surface area contributed by atoms with Gasteiger partial charge in [-0.25, -0.2) is 4.79 Å². The highest BCUT2D eigenvalue weighted by molar-refractivity contribution is 7.08. The number of rotatable bonds is 3. The molecule has 2 N–H and O–H groups in total. The summed E-state index contributed by atoms with van der Waals surface area (Å²) in [6.07, 6.45) is 3.40. The SMILES string of the molecule is O=C(O)C1CCC(NC(=O)N2CCCN(C(=O)c3ccsc3)CC2)CC1. The second-order valence-electron chi connectivity index (χ2n) is 6.98. The number of carboxylic acid groups (broad SMARTS) is 1. The molecule has 2 heterocycles. The van der Waals surface area contributed by atoms with Gasteiger partial charge in [-0.15, -0.1) is 0 Å². The molecule has 26 heavy (non-hydrogen) atoms. The monoisotopic (exact) mass is 379 g/mol. The number of carbonyl (C=O) groups excluding carboxylic acids is 2. The fourth-order valence-corrected chi connectivity index (χ4v) is 4.27. The first-order valence-electron chi connectivity index (χ1n) is 9.14. The van der Waals surface area contributed by atoms with Gasteiger partial charge in [0.2, 0.25) is 0 Å². The van der Waals surface area contributed by atoms with Crippen molar-refractivity contribution < 1.29 is 19.5 Å². The van der Waals surface area contributed by atoms with E-state index >= 15 is 0 Å². The van der Waals surface area contributed by atoms with Crippen LogP contribution in [0.25, 0.3) is 0 Å². The maximum atomic E-state index is 12.5. The van der Waals surface area contributed by atoms with Crippen LogP contribution in [0.1, 0.15) is 42.5 Å². The maximum absolute atomic E-state index is 12.5. The molecule has 1 saturated heterocycles. The summed E-state index contributed by atoms with van der Waals surface area (Å²) in [5.74, 6) is -0.990. The molecule has 3 amide bonds. The average Bonchev–Trinajstić information content (AvgIpc) is 3.06. The van der Waals surface area contributed by atoms with Gasteiger partial charge in [0.05, 0.1) is 11.5 Å². The van der Waals surface area contributed by atoms with Gasteiger partial charge in [0.25, 0.3) is 5.91 Å². The first-order valence-corrected chi connectivity index (χ1v) is 10.1. The number of carbonyl (C=O) groups is 3. The second kappa shape index (κ2) is 8.53. The van der Waals surface area contributed by atoms with Gasteiger partial charge in [-0.1, -0.05) is 0 Å². The van der Waals surface area contributed by atoms with Crippen molar-refractivity contribution in [1.29, 1.82) is 0 Å². The standard InChI is InChI=1S/C18H25N3O4S/c22-16(14-6-11-26-12-14)20-7-1-8-21(10-9-20)18(25)19-15-4-2-13(3-5-15)17(23)24/h6,11-13,15H,1-5,7-10H2,(H,19,25)(H,23,24). The van der Waals surface area contributed by atoms with E-state index in [4.69, 9.17) is 5.11 Å². The zero-order valence-corrected chi connectivity index (χ0v) is 15.5. The van der Waals surface area contributed by atoms with Crippen LogP contribution in [0.5, 0.6) is 0 Å². The van der Waals surface area contributed by atoms with E-state index in [1.54, 1.807) is 4.90 Å². The lowest BCUT2D eigenvalue weighted by Gasteiger charge is -2.29. The van der Waals surface area contributed by atoms with Gasteiger partial charge < -0.3 is 20.2 Å². The molecule has 1 aliphatic heterocycles. The van der Waals surface area contributed by atoms with Crippen LogP contribution in [-0.2, 0) is 4.79 Å². The zero-order chi connectivity index (χ0) is 18.5. The molecule has 7 nitrogen and oxygen atoms in total. The van der Waals surface area contributed by atoms with Crippen molar-refractivity contribution in [2.45, 2.75) is 38.1 Å². The number of hydrogen-bond acceptors (Lipinski definition) is 4. The average molecular weight is 379 g/mol. The minimum absolute atomic E-state index is 0.0282. The molecule has 8 heteroatoms. The van der Waals surface area contributed by atoms with Crippen molar-refractivity contribution in [2.75, 3.05) is 26.2 Å². The molecule has 2 aliphatic rings. The molecular formula is C18H25N3O4S. The summed E-state index contributed by atoms with van der Waals surface area (Å²) in [6, 6.07) is 1.77. The molecule has 1 aromatic heterocycles. The number of aliphatic carboxylic acids is 1. The molecule has 1 saturated carbocycles. The number of carboxylic acids is 1. The molecule has 3 rings (SSSR count).